The third kappa shape index (κ3) is 2.50. The van der Waals surface area contributed by atoms with E-state index < -0.39 is 11.9 Å². The Hall–Kier alpha value is -2.89. The Morgan fingerprint density at radius 2 is 1.95 bits per heavy atom. The molecule has 2 aromatic carbocycles. The normalized spacial score (nSPS) is 10.6. The summed E-state index contributed by atoms with van der Waals surface area (Å²) in [5.74, 6) is 0.00557. The number of hydrogen-bond donors (Lipinski definition) is 1. The summed E-state index contributed by atoms with van der Waals surface area (Å²) in [6.07, 6.45) is -0.569. The summed E-state index contributed by atoms with van der Waals surface area (Å²) in [6.45, 7) is 1.98. The van der Waals surface area contributed by atoms with Crippen molar-refractivity contribution in [3.8, 4) is 0 Å². The maximum atomic E-state index is 13.8. The first kappa shape index (κ1) is 14.1. The lowest BCUT2D eigenvalue weighted by Gasteiger charge is -2.04. The number of benzene rings is 2. The van der Waals surface area contributed by atoms with Gasteiger partial charge in [0.05, 0.1) is 17.8 Å². The second-order valence-electron chi connectivity index (χ2n) is 4.58. The van der Waals surface area contributed by atoms with E-state index in [1.54, 1.807) is 43.3 Å². The van der Waals surface area contributed by atoms with E-state index in [1.807, 2.05) is 6.07 Å². The van der Waals surface area contributed by atoms with Gasteiger partial charge in [-0.15, -0.1) is 5.10 Å². The number of para-hydroxylation sites is 2. The summed E-state index contributed by atoms with van der Waals surface area (Å²) in [4.78, 5) is 12.0. The number of fused-ring (bicyclic) bond motifs is 1. The van der Waals surface area contributed by atoms with Crippen LogP contribution in [-0.2, 0) is 4.74 Å². The fourth-order valence-electron chi connectivity index (χ4n) is 2.17. The molecule has 0 saturated carbocycles. The van der Waals surface area contributed by atoms with Gasteiger partial charge in [-0.1, -0.05) is 24.3 Å². The van der Waals surface area contributed by atoms with Crippen molar-refractivity contribution in [1.82, 2.24) is 9.78 Å². The smallest absolute Gasteiger partial charge is 0.435 e. The molecule has 0 fully saturated rings. The molecular weight excluding hydrogens is 285 g/mol. The number of aromatic nitrogens is 2. The zero-order valence-corrected chi connectivity index (χ0v) is 11.9. The maximum absolute atomic E-state index is 13.8. The number of hydrogen-bond acceptors (Lipinski definition) is 4. The Bertz CT molecular complexity index is 829. The van der Waals surface area contributed by atoms with Crippen LogP contribution in [0.4, 0.5) is 20.7 Å². The summed E-state index contributed by atoms with van der Waals surface area (Å²) in [5.41, 5.74) is 0.890. The topological polar surface area (TPSA) is 56.2 Å². The van der Waals surface area contributed by atoms with Crippen molar-refractivity contribution in [2.24, 2.45) is 0 Å². The van der Waals surface area contributed by atoms with Crippen molar-refractivity contribution in [2.75, 3.05) is 11.9 Å². The third-order valence-corrected chi connectivity index (χ3v) is 3.16. The van der Waals surface area contributed by atoms with E-state index in [0.29, 0.717) is 22.4 Å². The van der Waals surface area contributed by atoms with Gasteiger partial charge in [0.15, 0.2) is 5.82 Å². The summed E-state index contributed by atoms with van der Waals surface area (Å²) < 4.78 is 19.9. The number of nitrogens with one attached hydrogen (secondary N) is 1. The summed E-state index contributed by atoms with van der Waals surface area (Å²) >= 11 is 0. The molecule has 22 heavy (non-hydrogen) atoms. The van der Waals surface area contributed by atoms with Gasteiger partial charge in [-0.05, 0) is 31.2 Å². The highest BCUT2D eigenvalue weighted by atomic mass is 19.1. The van der Waals surface area contributed by atoms with Gasteiger partial charge in [0.2, 0.25) is 0 Å². The fraction of sp³-hybridized carbons (Fsp3) is 0.125. The van der Waals surface area contributed by atoms with E-state index in [9.17, 15) is 9.18 Å². The van der Waals surface area contributed by atoms with Crippen molar-refractivity contribution in [3.63, 3.8) is 0 Å². The van der Waals surface area contributed by atoms with Gasteiger partial charge < -0.3 is 10.1 Å². The summed E-state index contributed by atoms with van der Waals surface area (Å²) in [7, 11) is 0. The van der Waals surface area contributed by atoms with Crippen LogP contribution in [0.2, 0.25) is 0 Å². The Labute approximate surface area is 126 Å². The largest absolute Gasteiger partial charge is 0.448 e. The van der Waals surface area contributed by atoms with Crippen molar-refractivity contribution < 1.29 is 13.9 Å². The molecule has 3 rings (SSSR count). The maximum Gasteiger partial charge on any atom is 0.435 e. The van der Waals surface area contributed by atoms with Crippen LogP contribution in [0.5, 0.6) is 0 Å². The zero-order valence-electron chi connectivity index (χ0n) is 11.9. The van der Waals surface area contributed by atoms with Crippen LogP contribution in [0.3, 0.4) is 0 Å². The Balaban J connectivity index is 2.07. The zero-order chi connectivity index (χ0) is 15.5. The average Bonchev–Trinajstić information content (AvgIpc) is 2.89. The standard InChI is InChI=1S/C16H14FN3O2/c1-2-22-16(21)20-14-10-6-3-7-11(14)15(19-20)18-13-9-5-4-8-12(13)17/h3-10H,2H2,1H3,(H,18,19). The first-order chi connectivity index (χ1) is 10.7. The van der Waals surface area contributed by atoms with E-state index in [-0.39, 0.29) is 6.61 Å². The highest BCUT2D eigenvalue weighted by Gasteiger charge is 2.16. The number of rotatable bonds is 3. The van der Waals surface area contributed by atoms with Crippen LogP contribution < -0.4 is 5.32 Å². The Kier molecular flexibility index (Phi) is 3.74. The monoisotopic (exact) mass is 299 g/mol. The molecule has 0 amide bonds. The Morgan fingerprint density at radius 1 is 1.23 bits per heavy atom. The molecule has 0 aliphatic rings. The van der Waals surface area contributed by atoms with E-state index >= 15 is 0 Å². The summed E-state index contributed by atoms with van der Waals surface area (Å²) in [6, 6.07) is 13.5. The van der Waals surface area contributed by atoms with Crippen molar-refractivity contribution >= 4 is 28.5 Å². The van der Waals surface area contributed by atoms with Gasteiger partial charge in [0.1, 0.15) is 5.82 Å². The van der Waals surface area contributed by atoms with E-state index in [0.717, 1.165) is 0 Å². The third-order valence-electron chi connectivity index (χ3n) is 3.16. The highest BCUT2D eigenvalue weighted by Crippen LogP contribution is 2.27. The van der Waals surface area contributed by atoms with Gasteiger partial charge >= 0.3 is 6.09 Å². The van der Waals surface area contributed by atoms with Crippen LogP contribution in [0, 0.1) is 5.82 Å². The molecule has 0 saturated heterocycles. The second kappa shape index (κ2) is 5.85. The molecule has 3 aromatic rings. The van der Waals surface area contributed by atoms with Crippen LogP contribution in [0.15, 0.2) is 48.5 Å². The molecule has 1 heterocycles. The van der Waals surface area contributed by atoms with Crippen molar-refractivity contribution in [3.05, 3.63) is 54.3 Å². The van der Waals surface area contributed by atoms with Crippen LogP contribution >= 0.6 is 0 Å². The predicted octanol–water partition coefficient (Wildman–Crippen LogP) is 3.92. The van der Waals surface area contributed by atoms with Gasteiger partial charge in [0, 0.05) is 5.39 Å². The lowest BCUT2D eigenvalue weighted by atomic mass is 10.2. The minimum absolute atomic E-state index is 0.253. The van der Waals surface area contributed by atoms with Gasteiger partial charge in [-0.2, -0.15) is 4.68 Å². The quantitative estimate of drug-likeness (QED) is 0.796. The van der Waals surface area contributed by atoms with Crippen LogP contribution in [-0.4, -0.2) is 22.5 Å². The SMILES string of the molecule is CCOC(=O)n1nc(Nc2ccccc2F)c2ccccc21. The Morgan fingerprint density at radius 3 is 2.73 bits per heavy atom. The first-order valence-corrected chi connectivity index (χ1v) is 6.87. The predicted molar refractivity (Wildman–Crippen MR) is 81.8 cm³/mol. The number of carbonyl (C=O) groups is 1. The molecular formula is C16H14FN3O2. The van der Waals surface area contributed by atoms with Gasteiger partial charge in [-0.25, -0.2) is 9.18 Å². The van der Waals surface area contributed by atoms with E-state index in [2.05, 4.69) is 10.4 Å². The number of ether oxygens (including phenoxy) is 1. The van der Waals surface area contributed by atoms with Crippen molar-refractivity contribution in [1.29, 1.82) is 0 Å². The number of anilines is 2. The highest BCUT2D eigenvalue weighted by molar-refractivity contribution is 5.96. The summed E-state index contributed by atoms with van der Waals surface area (Å²) in [5, 5.41) is 7.83. The molecule has 0 aliphatic heterocycles. The van der Waals surface area contributed by atoms with E-state index in [1.165, 1.54) is 10.7 Å². The van der Waals surface area contributed by atoms with Crippen LogP contribution in [0.25, 0.3) is 10.9 Å². The molecule has 0 unspecified atom stereocenters. The molecule has 0 aliphatic carbocycles. The minimum atomic E-state index is -0.569. The molecule has 0 atom stereocenters. The number of carbonyl (C=O) groups excluding carboxylic acids is 1. The fourth-order valence-corrected chi connectivity index (χ4v) is 2.17. The lowest BCUT2D eigenvalue weighted by Crippen LogP contribution is -2.15. The van der Waals surface area contributed by atoms with Crippen LogP contribution in [0.1, 0.15) is 6.92 Å². The second-order valence-corrected chi connectivity index (χ2v) is 4.58. The molecule has 0 spiro atoms. The minimum Gasteiger partial charge on any atom is -0.448 e. The number of nitrogens with zero attached hydrogens (tertiary/aromatic N) is 2. The van der Waals surface area contributed by atoms with Crippen molar-refractivity contribution in [2.45, 2.75) is 6.92 Å². The molecule has 112 valence electrons. The molecule has 6 heteroatoms. The van der Waals surface area contributed by atoms with Gasteiger partial charge in [0.25, 0.3) is 0 Å². The average molecular weight is 299 g/mol. The molecule has 1 aromatic heterocycles. The first-order valence-electron chi connectivity index (χ1n) is 6.87. The lowest BCUT2D eigenvalue weighted by molar-refractivity contribution is 0.151. The number of halogens is 1. The molecule has 1 N–H and O–H groups in total. The van der Waals surface area contributed by atoms with E-state index in [4.69, 9.17) is 4.74 Å². The molecule has 0 radical (unpaired) electrons. The molecule has 0 bridgehead atoms. The van der Waals surface area contributed by atoms with Gasteiger partial charge in [-0.3, -0.25) is 0 Å². The molecule has 5 nitrogen and oxygen atoms in total.